The lowest BCUT2D eigenvalue weighted by atomic mass is 10.3. The van der Waals surface area contributed by atoms with E-state index in [1.165, 1.54) is 22.7 Å². The fourth-order valence-electron chi connectivity index (χ4n) is 2.26. The molecule has 3 heterocycles. The van der Waals surface area contributed by atoms with Crippen LogP contribution in [-0.2, 0) is 11.2 Å². The lowest BCUT2D eigenvalue weighted by Gasteiger charge is -1.98. The van der Waals surface area contributed by atoms with Crippen LogP contribution in [0.1, 0.15) is 4.88 Å². The molecular weight excluding hydrogens is 402 g/mol. The van der Waals surface area contributed by atoms with Gasteiger partial charge < -0.3 is 5.32 Å². The van der Waals surface area contributed by atoms with Gasteiger partial charge in [0.2, 0.25) is 5.91 Å². The van der Waals surface area contributed by atoms with Crippen molar-refractivity contribution in [2.75, 3.05) is 11.6 Å². The standard InChI is InChI=1S/C15H10ClN3OS4/c1-21-15-18-9-4-3-8-12(13(9)24-15)23-14(17-8)19-11(20)6-7-2-5-10(16)22-7/h2-5H,6H2,1H3,(H,17,19,20). The summed E-state index contributed by atoms with van der Waals surface area (Å²) in [5.41, 5.74) is 1.87. The molecule has 1 N–H and O–H groups in total. The van der Waals surface area contributed by atoms with Crippen LogP contribution in [0.25, 0.3) is 20.4 Å². The molecule has 3 aromatic heterocycles. The van der Waals surface area contributed by atoms with Crippen LogP contribution < -0.4 is 5.32 Å². The Kier molecular flexibility index (Phi) is 4.48. The molecule has 1 aromatic carbocycles. The van der Waals surface area contributed by atoms with Crippen LogP contribution in [0.15, 0.2) is 28.6 Å². The SMILES string of the molecule is CSc1nc2ccc3nc(NC(=O)Cc4ccc(Cl)s4)sc3c2s1. The van der Waals surface area contributed by atoms with Gasteiger partial charge in [-0.3, -0.25) is 4.79 Å². The first-order chi connectivity index (χ1) is 11.6. The van der Waals surface area contributed by atoms with Gasteiger partial charge in [0.1, 0.15) is 0 Å². The molecule has 0 radical (unpaired) electrons. The summed E-state index contributed by atoms with van der Waals surface area (Å²) in [6.07, 6.45) is 2.32. The molecule has 122 valence electrons. The summed E-state index contributed by atoms with van der Waals surface area (Å²) >= 11 is 12.1. The average Bonchev–Trinajstić information content (AvgIpc) is 3.23. The number of halogens is 1. The van der Waals surface area contributed by atoms with Crippen molar-refractivity contribution in [3.05, 3.63) is 33.5 Å². The smallest absolute Gasteiger partial charge is 0.231 e. The van der Waals surface area contributed by atoms with Gasteiger partial charge >= 0.3 is 0 Å². The molecule has 24 heavy (non-hydrogen) atoms. The number of thioether (sulfide) groups is 1. The van der Waals surface area contributed by atoms with Gasteiger partial charge in [0.25, 0.3) is 0 Å². The third-order valence-electron chi connectivity index (χ3n) is 3.28. The van der Waals surface area contributed by atoms with Crippen LogP contribution in [0.4, 0.5) is 5.13 Å². The third-order valence-corrected chi connectivity index (χ3v) is 7.72. The Morgan fingerprint density at radius 1 is 1.12 bits per heavy atom. The number of thiazole rings is 2. The van der Waals surface area contributed by atoms with Gasteiger partial charge in [-0.15, -0.1) is 22.7 Å². The monoisotopic (exact) mass is 411 g/mol. The fourth-order valence-corrected chi connectivity index (χ4v) is 6.02. The summed E-state index contributed by atoms with van der Waals surface area (Å²) in [7, 11) is 0. The summed E-state index contributed by atoms with van der Waals surface area (Å²) in [5, 5.41) is 3.50. The van der Waals surface area contributed by atoms with Crippen molar-refractivity contribution in [1.29, 1.82) is 0 Å². The summed E-state index contributed by atoms with van der Waals surface area (Å²) in [6.45, 7) is 0. The number of amides is 1. The zero-order valence-electron chi connectivity index (χ0n) is 12.3. The van der Waals surface area contributed by atoms with Crippen molar-refractivity contribution in [3.63, 3.8) is 0 Å². The van der Waals surface area contributed by atoms with Crippen molar-refractivity contribution >= 4 is 88.8 Å². The minimum Gasteiger partial charge on any atom is -0.302 e. The summed E-state index contributed by atoms with van der Waals surface area (Å²) in [4.78, 5) is 22.2. The van der Waals surface area contributed by atoms with Crippen molar-refractivity contribution in [2.45, 2.75) is 10.8 Å². The fraction of sp³-hybridized carbons (Fsp3) is 0.133. The summed E-state index contributed by atoms with van der Waals surface area (Å²) in [6, 6.07) is 7.60. The van der Waals surface area contributed by atoms with Gasteiger partial charge in [0.15, 0.2) is 9.47 Å². The predicted octanol–water partition coefficient (Wildman–Crippen LogP) is 5.52. The van der Waals surface area contributed by atoms with Crippen LogP contribution >= 0.6 is 57.4 Å². The largest absolute Gasteiger partial charge is 0.302 e. The van der Waals surface area contributed by atoms with Crippen molar-refractivity contribution in [3.8, 4) is 0 Å². The van der Waals surface area contributed by atoms with E-state index in [1.807, 2.05) is 24.5 Å². The summed E-state index contributed by atoms with van der Waals surface area (Å²) in [5.74, 6) is -0.0853. The van der Waals surface area contributed by atoms with E-state index < -0.39 is 0 Å². The Labute approximate surface area is 158 Å². The number of hydrogen-bond donors (Lipinski definition) is 1. The number of hydrogen-bond acceptors (Lipinski definition) is 7. The van der Waals surface area contributed by atoms with E-state index in [9.17, 15) is 4.79 Å². The van der Waals surface area contributed by atoms with Crippen molar-refractivity contribution in [1.82, 2.24) is 9.97 Å². The van der Waals surface area contributed by atoms with Gasteiger partial charge in [-0.25, -0.2) is 9.97 Å². The number of rotatable bonds is 4. The molecule has 0 fully saturated rings. The molecular formula is C15H10ClN3OS4. The number of nitrogens with one attached hydrogen (secondary N) is 1. The van der Waals surface area contributed by atoms with Crippen molar-refractivity contribution < 1.29 is 4.79 Å². The highest BCUT2D eigenvalue weighted by molar-refractivity contribution is 8.00. The lowest BCUT2D eigenvalue weighted by Crippen LogP contribution is -2.13. The lowest BCUT2D eigenvalue weighted by molar-refractivity contribution is -0.115. The zero-order valence-corrected chi connectivity index (χ0v) is 16.4. The van der Waals surface area contributed by atoms with E-state index in [0.29, 0.717) is 15.9 Å². The maximum absolute atomic E-state index is 12.2. The van der Waals surface area contributed by atoms with E-state index in [4.69, 9.17) is 11.6 Å². The van der Waals surface area contributed by atoms with E-state index in [-0.39, 0.29) is 5.91 Å². The normalized spacial score (nSPS) is 11.4. The molecule has 0 spiro atoms. The number of aromatic nitrogens is 2. The van der Waals surface area contributed by atoms with Gasteiger partial charge in [-0.05, 0) is 30.5 Å². The second kappa shape index (κ2) is 6.61. The maximum atomic E-state index is 12.2. The molecule has 0 atom stereocenters. The predicted molar refractivity (Wildman–Crippen MR) is 106 cm³/mol. The number of carbonyl (C=O) groups is 1. The molecule has 0 aliphatic rings. The highest BCUT2D eigenvalue weighted by Crippen LogP contribution is 2.38. The molecule has 4 aromatic rings. The molecule has 0 bridgehead atoms. The molecule has 1 amide bonds. The maximum Gasteiger partial charge on any atom is 0.231 e. The molecule has 4 nitrogen and oxygen atoms in total. The molecule has 4 rings (SSSR count). The second-order valence-electron chi connectivity index (χ2n) is 4.90. The first-order valence-corrected chi connectivity index (χ1v) is 11.0. The third kappa shape index (κ3) is 3.16. The van der Waals surface area contributed by atoms with Crippen molar-refractivity contribution in [2.24, 2.45) is 0 Å². The molecule has 9 heteroatoms. The van der Waals surface area contributed by atoms with Gasteiger partial charge in [-0.1, -0.05) is 34.7 Å². The van der Waals surface area contributed by atoms with Gasteiger partial charge in [0, 0.05) is 4.88 Å². The van der Waals surface area contributed by atoms with Crippen LogP contribution in [0.2, 0.25) is 4.34 Å². The average molecular weight is 412 g/mol. The highest BCUT2D eigenvalue weighted by Gasteiger charge is 2.14. The number of anilines is 1. The van der Waals surface area contributed by atoms with Crippen LogP contribution in [0, 0.1) is 0 Å². The van der Waals surface area contributed by atoms with E-state index >= 15 is 0 Å². The van der Waals surface area contributed by atoms with Crippen LogP contribution in [0.3, 0.4) is 0 Å². The van der Waals surface area contributed by atoms with Gasteiger partial charge in [-0.2, -0.15) is 0 Å². The minimum atomic E-state index is -0.0853. The number of carbonyl (C=O) groups excluding carboxylic acids is 1. The Hall–Kier alpha value is -1.19. The molecule has 0 aliphatic carbocycles. The zero-order chi connectivity index (χ0) is 16.7. The molecule has 0 unspecified atom stereocenters. The van der Waals surface area contributed by atoms with E-state index in [2.05, 4.69) is 15.3 Å². The quantitative estimate of drug-likeness (QED) is 0.449. The highest BCUT2D eigenvalue weighted by atomic mass is 35.5. The second-order valence-corrected chi connectivity index (χ2v) is 9.75. The molecule has 0 aliphatic heterocycles. The first-order valence-electron chi connectivity index (χ1n) is 6.90. The first kappa shape index (κ1) is 16.3. The Balaban J connectivity index is 1.61. The Morgan fingerprint density at radius 2 is 1.88 bits per heavy atom. The van der Waals surface area contributed by atoms with Crippen LogP contribution in [0.5, 0.6) is 0 Å². The Bertz CT molecular complexity index is 1050. The number of nitrogens with zero attached hydrogens (tertiary/aromatic N) is 2. The summed E-state index contributed by atoms with van der Waals surface area (Å²) < 4.78 is 3.92. The number of thiophene rings is 1. The van der Waals surface area contributed by atoms with Crippen LogP contribution in [-0.4, -0.2) is 22.1 Å². The number of fused-ring (bicyclic) bond motifs is 3. The number of benzene rings is 1. The minimum absolute atomic E-state index is 0.0853. The Morgan fingerprint density at radius 3 is 2.58 bits per heavy atom. The van der Waals surface area contributed by atoms with E-state index in [0.717, 1.165) is 29.7 Å². The van der Waals surface area contributed by atoms with Gasteiger partial charge in [0.05, 0.1) is 31.2 Å². The topological polar surface area (TPSA) is 54.9 Å². The molecule has 0 saturated carbocycles. The molecule has 0 saturated heterocycles. The van der Waals surface area contributed by atoms with E-state index in [1.54, 1.807) is 29.2 Å².